The second-order valence-electron chi connectivity index (χ2n) is 5.06. The summed E-state index contributed by atoms with van der Waals surface area (Å²) in [5.41, 5.74) is 8.39. The molecule has 0 radical (unpaired) electrons. The number of likely N-dealkylation sites (N-methyl/N-ethyl adjacent to an activating group) is 1. The van der Waals surface area contributed by atoms with Crippen LogP contribution in [0.15, 0.2) is 18.2 Å². The molecular weight excluding hydrogens is 227 g/mol. The number of aryl methyl sites for hydroxylation is 1. The molecule has 2 rings (SSSR count). The first-order chi connectivity index (χ1) is 8.67. The Morgan fingerprint density at radius 3 is 2.67 bits per heavy atom. The SMILES string of the molecule is CCN(CC)C1(CN)CCCc2cc(F)ccc21. The molecular formula is C15H23FN2. The van der Waals surface area contributed by atoms with Gasteiger partial charge in [0.15, 0.2) is 0 Å². The standard InChI is InChI=1S/C15H23FN2/c1-3-18(4-2)15(11-17)9-5-6-12-10-13(16)7-8-14(12)15/h7-8,10H,3-6,9,11,17H2,1-2H3. The Hall–Kier alpha value is -0.930. The molecule has 1 aliphatic rings. The van der Waals surface area contributed by atoms with Crippen molar-refractivity contribution in [2.45, 2.75) is 38.6 Å². The van der Waals surface area contributed by atoms with Gasteiger partial charge >= 0.3 is 0 Å². The van der Waals surface area contributed by atoms with Crippen LogP contribution < -0.4 is 5.73 Å². The van der Waals surface area contributed by atoms with Gasteiger partial charge in [0.25, 0.3) is 0 Å². The van der Waals surface area contributed by atoms with Crippen LogP contribution in [-0.4, -0.2) is 24.5 Å². The van der Waals surface area contributed by atoms with Crippen molar-refractivity contribution in [3.63, 3.8) is 0 Å². The minimum atomic E-state index is -0.138. The fourth-order valence-corrected chi connectivity index (χ4v) is 3.43. The maximum atomic E-state index is 13.4. The fraction of sp³-hybridized carbons (Fsp3) is 0.600. The molecule has 0 aromatic heterocycles. The molecule has 1 unspecified atom stereocenters. The van der Waals surface area contributed by atoms with E-state index in [1.165, 1.54) is 5.56 Å². The van der Waals surface area contributed by atoms with E-state index in [2.05, 4.69) is 18.7 Å². The largest absolute Gasteiger partial charge is 0.328 e. The van der Waals surface area contributed by atoms with Crippen molar-refractivity contribution in [1.29, 1.82) is 0 Å². The van der Waals surface area contributed by atoms with E-state index in [0.717, 1.165) is 37.9 Å². The van der Waals surface area contributed by atoms with Gasteiger partial charge in [-0.05, 0) is 55.6 Å². The highest BCUT2D eigenvalue weighted by Gasteiger charge is 2.39. The lowest BCUT2D eigenvalue weighted by Crippen LogP contribution is -2.53. The first kappa shape index (κ1) is 13.5. The fourth-order valence-electron chi connectivity index (χ4n) is 3.43. The number of benzene rings is 1. The number of nitrogens with zero attached hydrogens (tertiary/aromatic N) is 1. The van der Waals surface area contributed by atoms with Crippen LogP contribution in [-0.2, 0) is 12.0 Å². The van der Waals surface area contributed by atoms with Crippen molar-refractivity contribution in [1.82, 2.24) is 4.90 Å². The topological polar surface area (TPSA) is 29.3 Å². The highest BCUT2D eigenvalue weighted by atomic mass is 19.1. The quantitative estimate of drug-likeness (QED) is 0.890. The van der Waals surface area contributed by atoms with E-state index in [1.807, 2.05) is 6.07 Å². The molecule has 1 aromatic rings. The molecule has 1 aromatic carbocycles. The van der Waals surface area contributed by atoms with Gasteiger partial charge in [-0.1, -0.05) is 19.9 Å². The number of hydrogen-bond donors (Lipinski definition) is 1. The minimum Gasteiger partial charge on any atom is -0.328 e. The molecule has 0 saturated heterocycles. The number of hydrogen-bond acceptors (Lipinski definition) is 2. The minimum absolute atomic E-state index is 0.0925. The zero-order valence-electron chi connectivity index (χ0n) is 11.4. The van der Waals surface area contributed by atoms with Crippen LogP contribution in [0.2, 0.25) is 0 Å². The molecule has 0 heterocycles. The zero-order chi connectivity index (χ0) is 13.2. The van der Waals surface area contributed by atoms with Crippen molar-refractivity contribution in [2.24, 2.45) is 5.73 Å². The molecule has 18 heavy (non-hydrogen) atoms. The predicted octanol–water partition coefficient (Wildman–Crippen LogP) is 2.66. The highest BCUT2D eigenvalue weighted by molar-refractivity contribution is 5.37. The van der Waals surface area contributed by atoms with Gasteiger partial charge in [0.2, 0.25) is 0 Å². The normalized spacial score (nSPS) is 23.2. The van der Waals surface area contributed by atoms with E-state index in [9.17, 15) is 4.39 Å². The van der Waals surface area contributed by atoms with Crippen molar-refractivity contribution < 1.29 is 4.39 Å². The average molecular weight is 250 g/mol. The smallest absolute Gasteiger partial charge is 0.123 e. The second kappa shape index (κ2) is 5.37. The lowest BCUT2D eigenvalue weighted by atomic mass is 9.75. The Balaban J connectivity index is 2.51. The number of fused-ring (bicyclic) bond motifs is 1. The van der Waals surface area contributed by atoms with E-state index in [1.54, 1.807) is 12.1 Å². The van der Waals surface area contributed by atoms with Gasteiger partial charge in [-0.25, -0.2) is 4.39 Å². The van der Waals surface area contributed by atoms with Crippen LogP contribution in [0.1, 0.15) is 37.8 Å². The van der Waals surface area contributed by atoms with Crippen molar-refractivity contribution in [2.75, 3.05) is 19.6 Å². The molecule has 2 nitrogen and oxygen atoms in total. The molecule has 0 fully saturated rings. The van der Waals surface area contributed by atoms with E-state index >= 15 is 0 Å². The second-order valence-corrected chi connectivity index (χ2v) is 5.06. The maximum Gasteiger partial charge on any atom is 0.123 e. The molecule has 1 aliphatic carbocycles. The van der Waals surface area contributed by atoms with Gasteiger partial charge < -0.3 is 5.73 Å². The van der Waals surface area contributed by atoms with E-state index in [0.29, 0.717) is 6.54 Å². The van der Waals surface area contributed by atoms with Crippen molar-refractivity contribution >= 4 is 0 Å². The molecule has 2 N–H and O–H groups in total. The number of rotatable bonds is 4. The summed E-state index contributed by atoms with van der Waals surface area (Å²) in [6.45, 7) is 6.89. The third kappa shape index (κ3) is 2.06. The first-order valence-electron chi connectivity index (χ1n) is 6.92. The van der Waals surface area contributed by atoms with Crippen LogP contribution in [0.25, 0.3) is 0 Å². The third-order valence-electron chi connectivity index (χ3n) is 4.31. The van der Waals surface area contributed by atoms with Crippen LogP contribution in [0.4, 0.5) is 4.39 Å². The van der Waals surface area contributed by atoms with Gasteiger partial charge in [-0.2, -0.15) is 0 Å². The molecule has 100 valence electrons. The van der Waals surface area contributed by atoms with Gasteiger partial charge in [0.1, 0.15) is 5.82 Å². The summed E-state index contributed by atoms with van der Waals surface area (Å²) in [7, 11) is 0. The molecule has 0 amide bonds. The van der Waals surface area contributed by atoms with Gasteiger partial charge in [0, 0.05) is 6.54 Å². The summed E-state index contributed by atoms with van der Waals surface area (Å²) >= 11 is 0. The molecule has 3 heteroatoms. The lowest BCUT2D eigenvalue weighted by molar-refractivity contribution is 0.0856. The van der Waals surface area contributed by atoms with Crippen LogP contribution in [0.3, 0.4) is 0 Å². The van der Waals surface area contributed by atoms with E-state index in [4.69, 9.17) is 5.73 Å². The summed E-state index contributed by atoms with van der Waals surface area (Å²) in [6.07, 6.45) is 3.13. The van der Waals surface area contributed by atoms with E-state index < -0.39 is 0 Å². The van der Waals surface area contributed by atoms with Crippen LogP contribution >= 0.6 is 0 Å². The van der Waals surface area contributed by atoms with Gasteiger partial charge in [-0.3, -0.25) is 4.90 Å². The summed E-state index contributed by atoms with van der Waals surface area (Å²) in [6, 6.07) is 5.19. The molecule has 0 saturated carbocycles. The zero-order valence-corrected chi connectivity index (χ0v) is 11.4. The molecule has 0 spiro atoms. The summed E-state index contributed by atoms with van der Waals surface area (Å²) < 4.78 is 13.4. The Bertz CT molecular complexity index is 415. The van der Waals surface area contributed by atoms with Gasteiger partial charge in [0.05, 0.1) is 5.54 Å². The van der Waals surface area contributed by atoms with Crippen LogP contribution in [0, 0.1) is 5.82 Å². The predicted molar refractivity (Wildman–Crippen MR) is 73.0 cm³/mol. The summed E-state index contributed by atoms with van der Waals surface area (Å²) in [5.74, 6) is -0.138. The maximum absolute atomic E-state index is 13.4. The number of halogens is 1. The Morgan fingerprint density at radius 1 is 1.33 bits per heavy atom. The Labute approximate surface area is 109 Å². The molecule has 0 bridgehead atoms. The van der Waals surface area contributed by atoms with Gasteiger partial charge in [-0.15, -0.1) is 0 Å². The van der Waals surface area contributed by atoms with E-state index in [-0.39, 0.29) is 11.4 Å². The van der Waals surface area contributed by atoms with Crippen molar-refractivity contribution in [3.05, 3.63) is 35.1 Å². The first-order valence-corrected chi connectivity index (χ1v) is 6.92. The lowest BCUT2D eigenvalue weighted by Gasteiger charge is -2.46. The molecule has 0 aliphatic heterocycles. The monoisotopic (exact) mass is 250 g/mol. The highest BCUT2D eigenvalue weighted by Crippen LogP contribution is 2.39. The number of nitrogens with two attached hydrogens (primary N) is 1. The summed E-state index contributed by atoms with van der Waals surface area (Å²) in [4.78, 5) is 2.42. The average Bonchev–Trinajstić information content (AvgIpc) is 2.39. The Morgan fingerprint density at radius 2 is 2.06 bits per heavy atom. The molecule has 1 atom stereocenters. The van der Waals surface area contributed by atoms with Crippen molar-refractivity contribution in [3.8, 4) is 0 Å². The summed E-state index contributed by atoms with van der Waals surface area (Å²) in [5, 5.41) is 0. The third-order valence-corrected chi connectivity index (χ3v) is 4.31. The van der Waals surface area contributed by atoms with Crippen LogP contribution in [0.5, 0.6) is 0 Å². The Kier molecular flexibility index (Phi) is 4.03.